The standard InChI is InChI=1S/C22H28O10/c1-13(23)9-10-18(26)32-19-17(12-28-11-16-7-5-4-6-8-16)31-22(27)21(30-15(3)25)20(19)29-14(2)24/h4-8,17,19-22,27H,9-12H2,1-3H3/t17-,19-,20+,21-,22+/m1/s1. The van der Waals surface area contributed by atoms with E-state index in [0.29, 0.717) is 0 Å². The maximum Gasteiger partial charge on any atom is 0.306 e. The third-order valence-corrected chi connectivity index (χ3v) is 4.56. The van der Waals surface area contributed by atoms with Crippen LogP contribution in [-0.4, -0.2) is 66.1 Å². The van der Waals surface area contributed by atoms with Crippen molar-refractivity contribution in [3.63, 3.8) is 0 Å². The molecule has 176 valence electrons. The monoisotopic (exact) mass is 452 g/mol. The molecule has 0 aliphatic carbocycles. The van der Waals surface area contributed by atoms with E-state index >= 15 is 0 Å². The maximum atomic E-state index is 12.3. The molecule has 32 heavy (non-hydrogen) atoms. The number of ether oxygens (including phenoxy) is 5. The predicted octanol–water partition coefficient (Wildman–Crippen LogP) is 1.06. The Morgan fingerprint density at radius 2 is 1.50 bits per heavy atom. The molecular weight excluding hydrogens is 424 g/mol. The number of benzene rings is 1. The number of aliphatic hydroxyl groups is 1. The van der Waals surface area contributed by atoms with Crippen molar-refractivity contribution in [2.24, 2.45) is 0 Å². The van der Waals surface area contributed by atoms with E-state index in [1.54, 1.807) is 0 Å². The van der Waals surface area contributed by atoms with Crippen molar-refractivity contribution >= 4 is 23.7 Å². The van der Waals surface area contributed by atoms with Gasteiger partial charge in [-0.05, 0) is 12.5 Å². The maximum absolute atomic E-state index is 12.3. The zero-order valence-corrected chi connectivity index (χ0v) is 18.2. The smallest absolute Gasteiger partial charge is 0.306 e. The Morgan fingerprint density at radius 3 is 2.09 bits per heavy atom. The fourth-order valence-corrected chi connectivity index (χ4v) is 3.17. The van der Waals surface area contributed by atoms with Crippen LogP contribution < -0.4 is 0 Å². The van der Waals surface area contributed by atoms with Crippen molar-refractivity contribution in [3.05, 3.63) is 35.9 Å². The van der Waals surface area contributed by atoms with Gasteiger partial charge in [-0.1, -0.05) is 30.3 Å². The van der Waals surface area contributed by atoms with Crippen molar-refractivity contribution in [1.29, 1.82) is 0 Å². The van der Waals surface area contributed by atoms with Crippen LogP contribution in [0.1, 0.15) is 39.2 Å². The lowest BCUT2D eigenvalue weighted by Gasteiger charge is -2.42. The summed E-state index contributed by atoms with van der Waals surface area (Å²) in [4.78, 5) is 46.7. The van der Waals surface area contributed by atoms with Crippen LogP contribution in [0.2, 0.25) is 0 Å². The van der Waals surface area contributed by atoms with Gasteiger partial charge >= 0.3 is 17.9 Å². The van der Waals surface area contributed by atoms with Gasteiger partial charge in [-0.15, -0.1) is 0 Å². The molecule has 1 aromatic rings. The van der Waals surface area contributed by atoms with Crippen LogP contribution in [0.15, 0.2) is 30.3 Å². The summed E-state index contributed by atoms with van der Waals surface area (Å²) in [5.74, 6) is -2.43. The van der Waals surface area contributed by atoms with Crippen LogP contribution in [0.4, 0.5) is 0 Å². The van der Waals surface area contributed by atoms with Gasteiger partial charge in [0.15, 0.2) is 24.6 Å². The second-order valence-corrected chi connectivity index (χ2v) is 7.37. The van der Waals surface area contributed by atoms with Crippen molar-refractivity contribution in [1.82, 2.24) is 0 Å². The SMILES string of the molecule is CC(=O)CCC(=O)O[C@H]1[C@H](OC(C)=O)[C@@H](OC(C)=O)[C@@H](O)O[C@@H]1COCc1ccccc1. The van der Waals surface area contributed by atoms with Crippen molar-refractivity contribution in [2.45, 2.75) is 70.9 Å². The highest BCUT2D eigenvalue weighted by Crippen LogP contribution is 2.28. The summed E-state index contributed by atoms with van der Waals surface area (Å²) < 4.78 is 26.9. The van der Waals surface area contributed by atoms with Crippen LogP contribution in [0.3, 0.4) is 0 Å². The lowest BCUT2D eigenvalue weighted by molar-refractivity contribution is -0.297. The number of ketones is 1. The number of hydrogen-bond donors (Lipinski definition) is 1. The molecule has 0 aromatic heterocycles. The highest BCUT2D eigenvalue weighted by Gasteiger charge is 2.51. The molecule has 10 heteroatoms. The second kappa shape index (κ2) is 12.3. The van der Waals surface area contributed by atoms with E-state index in [1.165, 1.54) is 6.92 Å². The molecule has 5 atom stereocenters. The quantitative estimate of drug-likeness (QED) is 0.406. The Morgan fingerprint density at radius 1 is 0.875 bits per heavy atom. The predicted molar refractivity (Wildman–Crippen MR) is 108 cm³/mol. The van der Waals surface area contributed by atoms with Crippen molar-refractivity contribution in [2.75, 3.05) is 6.61 Å². The fraction of sp³-hybridized carbons (Fsp3) is 0.545. The van der Waals surface area contributed by atoms with E-state index in [9.17, 15) is 24.3 Å². The summed E-state index contributed by atoms with van der Waals surface area (Å²) in [5, 5.41) is 10.4. The first-order valence-electron chi connectivity index (χ1n) is 10.2. The molecule has 0 spiro atoms. The third-order valence-electron chi connectivity index (χ3n) is 4.56. The Kier molecular flexibility index (Phi) is 9.76. The molecule has 1 N–H and O–H groups in total. The molecule has 1 saturated heterocycles. The number of rotatable bonds is 10. The normalized spacial score (nSPS) is 24.9. The van der Waals surface area contributed by atoms with Gasteiger partial charge in [0, 0.05) is 20.3 Å². The average molecular weight is 452 g/mol. The Balaban J connectivity index is 2.20. The summed E-state index contributed by atoms with van der Waals surface area (Å²) in [6.45, 7) is 3.67. The average Bonchev–Trinajstić information content (AvgIpc) is 2.72. The number of carbonyl (C=O) groups is 4. The number of esters is 3. The van der Waals surface area contributed by atoms with Gasteiger partial charge in [0.25, 0.3) is 0 Å². The number of Topliss-reactive ketones (excluding diaryl/α,β-unsaturated/α-hetero) is 1. The highest BCUT2D eigenvalue weighted by molar-refractivity contribution is 5.81. The lowest BCUT2D eigenvalue weighted by atomic mass is 9.98. The minimum absolute atomic E-state index is 0.0319. The van der Waals surface area contributed by atoms with Gasteiger partial charge < -0.3 is 33.6 Å². The summed E-state index contributed by atoms with van der Waals surface area (Å²) in [5.41, 5.74) is 0.883. The number of aliphatic hydroxyl groups excluding tert-OH is 1. The molecule has 1 heterocycles. The first-order chi connectivity index (χ1) is 15.2. The van der Waals surface area contributed by atoms with Crippen molar-refractivity contribution < 1.29 is 48.0 Å². The Hall–Kier alpha value is -2.82. The fourth-order valence-electron chi connectivity index (χ4n) is 3.17. The van der Waals surface area contributed by atoms with E-state index in [2.05, 4.69) is 0 Å². The van der Waals surface area contributed by atoms with E-state index in [0.717, 1.165) is 19.4 Å². The van der Waals surface area contributed by atoms with Crippen LogP contribution in [0.25, 0.3) is 0 Å². The first-order valence-corrected chi connectivity index (χ1v) is 10.2. The van der Waals surface area contributed by atoms with Gasteiger partial charge in [-0.2, -0.15) is 0 Å². The van der Waals surface area contributed by atoms with Gasteiger partial charge in [0.1, 0.15) is 11.9 Å². The van der Waals surface area contributed by atoms with Crippen LogP contribution in [0.5, 0.6) is 0 Å². The molecule has 0 unspecified atom stereocenters. The molecule has 0 saturated carbocycles. The van der Waals surface area contributed by atoms with E-state index < -0.39 is 48.6 Å². The van der Waals surface area contributed by atoms with Crippen LogP contribution in [0, 0.1) is 0 Å². The molecule has 10 nitrogen and oxygen atoms in total. The largest absolute Gasteiger partial charge is 0.455 e. The summed E-state index contributed by atoms with van der Waals surface area (Å²) in [7, 11) is 0. The summed E-state index contributed by atoms with van der Waals surface area (Å²) in [6, 6.07) is 9.27. The van der Waals surface area contributed by atoms with E-state index in [-0.39, 0.29) is 31.8 Å². The second-order valence-electron chi connectivity index (χ2n) is 7.37. The molecule has 0 bridgehead atoms. The minimum Gasteiger partial charge on any atom is -0.455 e. The molecule has 1 aliphatic heterocycles. The van der Waals surface area contributed by atoms with Crippen molar-refractivity contribution in [3.8, 4) is 0 Å². The third kappa shape index (κ3) is 8.03. The van der Waals surface area contributed by atoms with Gasteiger partial charge in [0.2, 0.25) is 0 Å². The molecular formula is C22H28O10. The first kappa shape index (κ1) is 25.4. The van der Waals surface area contributed by atoms with E-state index in [4.69, 9.17) is 23.7 Å². The minimum atomic E-state index is -1.65. The van der Waals surface area contributed by atoms with Gasteiger partial charge in [0.05, 0.1) is 19.6 Å². The molecule has 1 aliphatic rings. The Bertz CT molecular complexity index is 793. The topological polar surface area (TPSA) is 135 Å². The zero-order valence-electron chi connectivity index (χ0n) is 18.2. The molecule has 1 fully saturated rings. The molecule has 0 amide bonds. The lowest BCUT2D eigenvalue weighted by Crippen LogP contribution is -2.62. The number of hydrogen-bond acceptors (Lipinski definition) is 10. The van der Waals surface area contributed by atoms with E-state index in [1.807, 2.05) is 30.3 Å². The highest BCUT2D eigenvalue weighted by atomic mass is 16.7. The molecule has 2 rings (SSSR count). The van der Waals surface area contributed by atoms with Crippen LogP contribution in [-0.2, 0) is 49.5 Å². The molecule has 1 aromatic carbocycles. The molecule has 0 radical (unpaired) electrons. The Labute approximate surface area is 185 Å². The van der Waals surface area contributed by atoms with Gasteiger partial charge in [-0.3, -0.25) is 14.4 Å². The summed E-state index contributed by atoms with van der Waals surface area (Å²) >= 11 is 0. The van der Waals surface area contributed by atoms with Crippen LogP contribution >= 0.6 is 0 Å². The number of carbonyl (C=O) groups excluding carboxylic acids is 4. The zero-order chi connectivity index (χ0) is 23.7. The summed E-state index contributed by atoms with van der Waals surface area (Å²) in [6.07, 6.45) is -6.93. The van der Waals surface area contributed by atoms with Gasteiger partial charge in [-0.25, -0.2) is 0 Å².